The van der Waals surface area contributed by atoms with E-state index in [1.165, 1.54) is 31.1 Å². The summed E-state index contributed by atoms with van der Waals surface area (Å²) in [6.07, 6.45) is -1.08. The van der Waals surface area contributed by atoms with Gasteiger partial charge >= 0.3 is 5.97 Å². The molecule has 0 fully saturated rings. The fraction of sp³-hybridized carbons (Fsp3) is 0.263. The molecule has 2 aromatic rings. The van der Waals surface area contributed by atoms with Gasteiger partial charge in [-0.1, -0.05) is 24.3 Å². The number of rotatable bonds is 6. The SMILES string of the molecule is COc1ccc(CC(=O)OC(C)C(=O)N(C)c2ccccc2)cc1F. The largest absolute Gasteiger partial charge is 0.494 e. The zero-order valence-electron chi connectivity index (χ0n) is 14.4. The van der Waals surface area contributed by atoms with Crippen LogP contribution in [-0.4, -0.2) is 32.1 Å². The molecule has 0 aromatic heterocycles. The summed E-state index contributed by atoms with van der Waals surface area (Å²) in [4.78, 5) is 25.8. The average molecular weight is 345 g/mol. The van der Waals surface area contributed by atoms with Gasteiger partial charge in [-0.15, -0.1) is 0 Å². The van der Waals surface area contributed by atoms with Crippen molar-refractivity contribution < 1.29 is 23.5 Å². The van der Waals surface area contributed by atoms with Crippen molar-refractivity contribution in [2.24, 2.45) is 0 Å². The number of likely N-dealkylation sites (N-methyl/N-ethyl adjacent to an activating group) is 1. The fourth-order valence-electron chi connectivity index (χ4n) is 2.33. The molecular weight excluding hydrogens is 325 g/mol. The average Bonchev–Trinajstić information content (AvgIpc) is 2.61. The molecule has 6 heteroatoms. The number of amides is 1. The van der Waals surface area contributed by atoms with Gasteiger partial charge in [0.15, 0.2) is 17.7 Å². The summed E-state index contributed by atoms with van der Waals surface area (Å²) in [5, 5.41) is 0. The Morgan fingerprint density at radius 3 is 2.44 bits per heavy atom. The van der Waals surface area contributed by atoms with Crippen molar-refractivity contribution in [3.05, 3.63) is 59.9 Å². The van der Waals surface area contributed by atoms with E-state index >= 15 is 0 Å². The first-order valence-electron chi connectivity index (χ1n) is 7.77. The molecule has 2 rings (SSSR count). The Labute approximate surface area is 146 Å². The lowest BCUT2D eigenvalue weighted by atomic mass is 10.1. The molecule has 1 atom stereocenters. The van der Waals surface area contributed by atoms with E-state index < -0.39 is 17.9 Å². The van der Waals surface area contributed by atoms with Crippen LogP contribution in [0.1, 0.15) is 12.5 Å². The molecule has 0 aliphatic rings. The summed E-state index contributed by atoms with van der Waals surface area (Å²) in [7, 11) is 2.98. The molecule has 132 valence electrons. The second kappa shape index (κ2) is 8.28. The van der Waals surface area contributed by atoms with Crippen molar-refractivity contribution >= 4 is 17.6 Å². The van der Waals surface area contributed by atoms with Gasteiger partial charge in [0.2, 0.25) is 0 Å². The number of methoxy groups -OCH3 is 1. The molecule has 25 heavy (non-hydrogen) atoms. The third kappa shape index (κ3) is 4.79. The van der Waals surface area contributed by atoms with Crippen LogP contribution in [-0.2, 0) is 20.7 Å². The van der Waals surface area contributed by atoms with E-state index in [4.69, 9.17) is 9.47 Å². The summed E-state index contributed by atoms with van der Waals surface area (Å²) >= 11 is 0. The second-order valence-corrected chi connectivity index (χ2v) is 5.51. The highest BCUT2D eigenvalue weighted by atomic mass is 19.1. The molecule has 0 saturated carbocycles. The van der Waals surface area contributed by atoms with E-state index in [9.17, 15) is 14.0 Å². The highest BCUT2D eigenvalue weighted by Crippen LogP contribution is 2.18. The van der Waals surface area contributed by atoms with Crippen molar-refractivity contribution in [1.29, 1.82) is 0 Å². The van der Waals surface area contributed by atoms with Gasteiger partial charge in [0.1, 0.15) is 0 Å². The first-order chi connectivity index (χ1) is 11.9. The minimum absolute atomic E-state index is 0.102. The number of halogens is 1. The second-order valence-electron chi connectivity index (χ2n) is 5.51. The van der Waals surface area contributed by atoms with Gasteiger partial charge in [0.05, 0.1) is 13.5 Å². The van der Waals surface area contributed by atoms with Gasteiger partial charge < -0.3 is 14.4 Å². The highest BCUT2D eigenvalue weighted by molar-refractivity contribution is 5.96. The fourth-order valence-corrected chi connectivity index (χ4v) is 2.33. The van der Waals surface area contributed by atoms with Crippen LogP contribution < -0.4 is 9.64 Å². The number of carbonyl (C=O) groups excluding carboxylic acids is 2. The van der Waals surface area contributed by atoms with E-state index in [1.54, 1.807) is 25.2 Å². The van der Waals surface area contributed by atoms with Gasteiger partial charge in [-0.05, 0) is 36.8 Å². The third-order valence-corrected chi connectivity index (χ3v) is 3.69. The third-order valence-electron chi connectivity index (χ3n) is 3.69. The molecule has 5 nitrogen and oxygen atoms in total. The van der Waals surface area contributed by atoms with Crippen LogP contribution in [0.2, 0.25) is 0 Å². The number of para-hydroxylation sites is 1. The molecule has 0 bridgehead atoms. The van der Waals surface area contributed by atoms with Crippen molar-refractivity contribution in [3.63, 3.8) is 0 Å². The lowest BCUT2D eigenvalue weighted by Gasteiger charge is -2.21. The summed E-state index contributed by atoms with van der Waals surface area (Å²) < 4.78 is 23.6. The Morgan fingerprint density at radius 1 is 1.16 bits per heavy atom. The summed E-state index contributed by atoms with van der Waals surface area (Å²) in [6, 6.07) is 13.3. The first kappa shape index (κ1) is 18.4. The summed E-state index contributed by atoms with van der Waals surface area (Å²) in [5.41, 5.74) is 1.15. The molecule has 0 N–H and O–H groups in total. The lowest BCUT2D eigenvalue weighted by molar-refractivity contribution is -0.153. The van der Waals surface area contributed by atoms with Crippen molar-refractivity contribution in [3.8, 4) is 5.75 Å². The van der Waals surface area contributed by atoms with Gasteiger partial charge in [-0.2, -0.15) is 0 Å². The Bertz CT molecular complexity index is 748. The first-order valence-corrected chi connectivity index (χ1v) is 7.77. The van der Waals surface area contributed by atoms with Crippen LogP contribution in [0.25, 0.3) is 0 Å². The minimum atomic E-state index is -0.944. The molecule has 0 aliphatic heterocycles. The van der Waals surface area contributed by atoms with Crippen LogP contribution in [0.15, 0.2) is 48.5 Å². The number of esters is 1. The maximum atomic E-state index is 13.6. The molecule has 1 unspecified atom stereocenters. The maximum Gasteiger partial charge on any atom is 0.311 e. The Hall–Kier alpha value is -2.89. The number of ether oxygens (including phenoxy) is 2. The van der Waals surface area contributed by atoms with Crippen LogP contribution in [0.3, 0.4) is 0 Å². The molecule has 0 aliphatic carbocycles. The number of anilines is 1. The molecule has 0 spiro atoms. The Balaban J connectivity index is 1.95. The molecular formula is C19H20FNO4. The highest BCUT2D eigenvalue weighted by Gasteiger charge is 2.22. The van der Waals surface area contributed by atoms with E-state index in [0.717, 1.165) is 0 Å². The minimum Gasteiger partial charge on any atom is -0.494 e. The standard InChI is InChI=1S/C19H20FNO4/c1-13(19(23)21(2)15-7-5-4-6-8-15)25-18(22)12-14-9-10-17(24-3)16(20)11-14/h4-11,13H,12H2,1-3H3. The zero-order valence-corrected chi connectivity index (χ0v) is 14.4. The van der Waals surface area contributed by atoms with Crippen LogP contribution in [0, 0.1) is 5.82 Å². The van der Waals surface area contributed by atoms with Crippen molar-refractivity contribution in [2.45, 2.75) is 19.4 Å². The van der Waals surface area contributed by atoms with E-state index in [0.29, 0.717) is 11.3 Å². The monoisotopic (exact) mass is 345 g/mol. The summed E-state index contributed by atoms with van der Waals surface area (Å²) in [5.74, 6) is -1.40. The van der Waals surface area contributed by atoms with Crippen molar-refractivity contribution in [1.82, 2.24) is 0 Å². The Morgan fingerprint density at radius 2 is 1.84 bits per heavy atom. The van der Waals surface area contributed by atoms with Crippen LogP contribution in [0.5, 0.6) is 5.75 Å². The number of hydrogen-bond acceptors (Lipinski definition) is 4. The molecule has 0 heterocycles. The molecule has 0 radical (unpaired) electrons. The van der Waals surface area contributed by atoms with Crippen LogP contribution in [0.4, 0.5) is 10.1 Å². The van der Waals surface area contributed by atoms with Gasteiger partial charge in [-0.3, -0.25) is 9.59 Å². The number of benzene rings is 2. The number of nitrogens with zero attached hydrogens (tertiary/aromatic N) is 1. The number of hydrogen-bond donors (Lipinski definition) is 0. The van der Waals surface area contributed by atoms with E-state index in [1.807, 2.05) is 18.2 Å². The van der Waals surface area contributed by atoms with Crippen molar-refractivity contribution in [2.75, 3.05) is 19.1 Å². The smallest absolute Gasteiger partial charge is 0.311 e. The van der Waals surface area contributed by atoms with Crippen LogP contribution >= 0.6 is 0 Å². The normalized spacial score (nSPS) is 11.5. The van der Waals surface area contributed by atoms with Gasteiger partial charge in [0.25, 0.3) is 5.91 Å². The van der Waals surface area contributed by atoms with E-state index in [-0.39, 0.29) is 18.1 Å². The predicted molar refractivity (Wildman–Crippen MR) is 92.1 cm³/mol. The maximum absolute atomic E-state index is 13.6. The topological polar surface area (TPSA) is 55.8 Å². The Kier molecular flexibility index (Phi) is 6.11. The lowest BCUT2D eigenvalue weighted by Crippen LogP contribution is -2.37. The zero-order chi connectivity index (χ0) is 18.4. The molecule has 1 amide bonds. The predicted octanol–water partition coefficient (Wildman–Crippen LogP) is 2.97. The summed E-state index contributed by atoms with van der Waals surface area (Å²) in [6.45, 7) is 1.51. The van der Waals surface area contributed by atoms with E-state index in [2.05, 4.69) is 0 Å². The molecule has 0 saturated heterocycles. The molecule has 2 aromatic carbocycles. The quantitative estimate of drug-likeness (QED) is 0.756. The van der Waals surface area contributed by atoms with Gasteiger partial charge in [0, 0.05) is 12.7 Å². The van der Waals surface area contributed by atoms with Gasteiger partial charge in [-0.25, -0.2) is 4.39 Å². The number of carbonyl (C=O) groups is 2.